The van der Waals surface area contributed by atoms with Crippen LogP contribution in [0.3, 0.4) is 0 Å². The van der Waals surface area contributed by atoms with Crippen molar-refractivity contribution in [2.45, 2.75) is 13.5 Å². The number of hydrogen-bond donors (Lipinski definition) is 1. The number of hydrogen-bond acceptors (Lipinski definition) is 7. The van der Waals surface area contributed by atoms with Gasteiger partial charge in [0.15, 0.2) is 10.7 Å². The first kappa shape index (κ1) is 15.0. The maximum absolute atomic E-state index is 12.8. The number of rotatable bonds is 3. The van der Waals surface area contributed by atoms with Gasteiger partial charge in [0.25, 0.3) is 11.5 Å². The standard InChI is InChI=1S/C14H12N6O2S2/c1-6-17-7(5-23-6)4-20-14(22)9-8(3-16-20)10-12(19(9)2)18-13(24-10)11(15)21/h3,5H,4H2,1-2H3,(H2,15,21). The van der Waals surface area contributed by atoms with Gasteiger partial charge in [0, 0.05) is 17.8 Å². The molecule has 0 unspecified atom stereocenters. The first-order valence-electron chi connectivity index (χ1n) is 7.01. The van der Waals surface area contributed by atoms with E-state index in [1.165, 1.54) is 27.4 Å². The Morgan fingerprint density at radius 2 is 2.17 bits per heavy atom. The van der Waals surface area contributed by atoms with Gasteiger partial charge in [0.2, 0.25) is 0 Å². The van der Waals surface area contributed by atoms with Crippen molar-refractivity contribution < 1.29 is 4.79 Å². The van der Waals surface area contributed by atoms with E-state index in [1.807, 2.05) is 12.3 Å². The maximum atomic E-state index is 12.8. The molecule has 0 atom stereocenters. The van der Waals surface area contributed by atoms with Crippen LogP contribution in [0.5, 0.6) is 0 Å². The highest BCUT2D eigenvalue weighted by atomic mass is 32.1. The number of nitrogens with zero attached hydrogens (tertiary/aromatic N) is 5. The zero-order valence-electron chi connectivity index (χ0n) is 12.8. The van der Waals surface area contributed by atoms with Crippen LogP contribution in [0.15, 0.2) is 16.4 Å². The first-order chi connectivity index (χ1) is 11.5. The lowest BCUT2D eigenvalue weighted by atomic mass is 10.3. The van der Waals surface area contributed by atoms with Crippen LogP contribution in [0.2, 0.25) is 0 Å². The molecule has 24 heavy (non-hydrogen) atoms. The van der Waals surface area contributed by atoms with E-state index in [0.717, 1.165) is 15.4 Å². The Hall–Kier alpha value is -2.59. The Bertz CT molecular complexity index is 1170. The van der Waals surface area contributed by atoms with Crippen LogP contribution in [0.1, 0.15) is 20.5 Å². The summed E-state index contributed by atoms with van der Waals surface area (Å²) in [6, 6.07) is 0. The molecule has 0 fully saturated rings. The predicted molar refractivity (Wildman–Crippen MR) is 92.6 cm³/mol. The van der Waals surface area contributed by atoms with Gasteiger partial charge in [-0.2, -0.15) is 5.10 Å². The largest absolute Gasteiger partial charge is 0.364 e. The van der Waals surface area contributed by atoms with E-state index in [0.29, 0.717) is 23.1 Å². The number of carbonyl (C=O) groups excluding carboxylic acids is 1. The lowest BCUT2D eigenvalue weighted by Crippen LogP contribution is -2.24. The number of aromatic nitrogens is 5. The molecule has 8 nitrogen and oxygen atoms in total. The fourth-order valence-electron chi connectivity index (χ4n) is 2.64. The third-order valence-corrected chi connectivity index (χ3v) is 5.63. The summed E-state index contributed by atoms with van der Waals surface area (Å²) >= 11 is 2.71. The highest BCUT2D eigenvalue weighted by Crippen LogP contribution is 2.30. The van der Waals surface area contributed by atoms with Gasteiger partial charge in [-0.3, -0.25) is 9.59 Å². The Labute approximate surface area is 143 Å². The van der Waals surface area contributed by atoms with Gasteiger partial charge >= 0.3 is 0 Å². The molecular formula is C14H12N6O2S2. The van der Waals surface area contributed by atoms with Crippen molar-refractivity contribution >= 4 is 49.8 Å². The van der Waals surface area contributed by atoms with Crippen LogP contribution in [0.25, 0.3) is 21.3 Å². The van der Waals surface area contributed by atoms with E-state index < -0.39 is 5.91 Å². The van der Waals surface area contributed by atoms with Crippen molar-refractivity contribution in [1.82, 2.24) is 24.3 Å². The van der Waals surface area contributed by atoms with Crippen LogP contribution in [0.4, 0.5) is 0 Å². The fourth-order valence-corrected chi connectivity index (χ4v) is 4.20. The van der Waals surface area contributed by atoms with Crippen molar-refractivity contribution in [1.29, 1.82) is 0 Å². The highest BCUT2D eigenvalue weighted by molar-refractivity contribution is 7.21. The SMILES string of the molecule is Cc1nc(Cn2ncc3c4sc(C(N)=O)nc4n(C)c3c2=O)cs1. The molecule has 0 saturated heterocycles. The monoisotopic (exact) mass is 360 g/mol. The van der Waals surface area contributed by atoms with Crippen LogP contribution in [-0.2, 0) is 13.6 Å². The summed E-state index contributed by atoms with van der Waals surface area (Å²) in [4.78, 5) is 32.7. The van der Waals surface area contributed by atoms with Crippen molar-refractivity contribution in [2.24, 2.45) is 12.8 Å². The van der Waals surface area contributed by atoms with Crippen LogP contribution in [0, 0.1) is 6.92 Å². The molecule has 1 amide bonds. The number of thiazole rings is 2. The molecule has 0 saturated carbocycles. The van der Waals surface area contributed by atoms with Crippen molar-refractivity contribution in [2.75, 3.05) is 0 Å². The number of fused-ring (bicyclic) bond motifs is 3. The average molecular weight is 360 g/mol. The molecule has 4 aromatic rings. The van der Waals surface area contributed by atoms with Crippen LogP contribution < -0.4 is 11.3 Å². The Balaban J connectivity index is 1.91. The molecule has 4 aromatic heterocycles. The second-order valence-corrected chi connectivity index (χ2v) is 7.38. The second kappa shape index (κ2) is 5.21. The number of amides is 1. The van der Waals surface area contributed by atoms with E-state index in [4.69, 9.17) is 5.73 Å². The molecule has 0 aliphatic heterocycles. The van der Waals surface area contributed by atoms with E-state index in [-0.39, 0.29) is 10.6 Å². The summed E-state index contributed by atoms with van der Waals surface area (Å²) in [5.74, 6) is -0.579. The molecule has 0 aromatic carbocycles. The molecule has 0 aliphatic carbocycles. The average Bonchev–Trinajstić information content (AvgIpc) is 3.20. The summed E-state index contributed by atoms with van der Waals surface area (Å²) in [6.45, 7) is 2.23. The molecule has 0 bridgehead atoms. The molecular weight excluding hydrogens is 348 g/mol. The fraction of sp³-hybridized carbons (Fsp3) is 0.214. The minimum absolute atomic E-state index is 0.216. The quantitative estimate of drug-likeness (QED) is 0.591. The molecule has 4 heterocycles. The molecule has 122 valence electrons. The van der Waals surface area contributed by atoms with Crippen molar-refractivity contribution in [3.8, 4) is 0 Å². The maximum Gasteiger partial charge on any atom is 0.291 e. The van der Waals surface area contributed by atoms with Gasteiger partial charge in [-0.1, -0.05) is 0 Å². The Morgan fingerprint density at radius 1 is 1.38 bits per heavy atom. The Kier molecular flexibility index (Phi) is 3.25. The first-order valence-corrected chi connectivity index (χ1v) is 8.71. The molecule has 0 spiro atoms. The van der Waals surface area contributed by atoms with Crippen LogP contribution in [-0.4, -0.2) is 30.2 Å². The van der Waals surface area contributed by atoms with Gasteiger partial charge in [-0.05, 0) is 6.92 Å². The molecule has 10 heteroatoms. The van der Waals surface area contributed by atoms with Gasteiger partial charge < -0.3 is 10.3 Å². The van der Waals surface area contributed by atoms with Crippen molar-refractivity contribution in [3.05, 3.63) is 37.6 Å². The summed E-state index contributed by atoms with van der Waals surface area (Å²) < 4.78 is 3.80. The lowest BCUT2D eigenvalue weighted by molar-refractivity contribution is 0.1000. The molecule has 0 aliphatic rings. The molecule has 0 radical (unpaired) electrons. The van der Waals surface area contributed by atoms with Gasteiger partial charge in [0.1, 0.15) is 5.52 Å². The van der Waals surface area contributed by atoms with E-state index >= 15 is 0 Å². The minimum atomic E-state index is -0.579. The van der Waals surface area contributed by atoms with Crippen molar-refractivity contribution in [3.63, 3.8) is 0 Å². The number of aryl methyl sites for hydroxylation is 2. The third-order valence-electron chi connectivity index (χ3n) is 3.71. The number of carbonyl (C=O) groups is 1. The minimum Gasteiger partial charge on any atom is -0.364 e. The van der Waals surface area contributed by atoms with E-state index in [2.05, 4.69) is 15.1 Å². The zero-order valence-corrected chi connectivity index (χ0v) is 14.4. The second-order valence-electron chi connectivity index (χ2n) is 5.32. The predicted octanol–water partition coefficient (Wildman–Crippen LogP) is 1.26. The highest BCUT2D eigenvalue weighted by Gasteiger charge is 2.19. The number of nitrogens with two attached hydrogens (primary N) is 1. The number of primary amides is 1. The molecule has 4 rings (SSSR count). The van der Waals surface area contributed by atoms with Crippen LogP contribution >= 0.6 is 22.7 Å². The lowest BCUT2D eigenvalue weighted by Gasteiger charge is -2.03. The van der Waals surface area contributed by atoms with Gasteiger partial charge in [0.05, 0.1) is 28.1 Å². The third kappa shape index (κ3) is 2.14. The van der Waals surface area contributed by atoms with Gasteiger partial charge in [-0.15, -0.1) is 22.7 Å². The summed E-state index contributed by atoms with van der Waals surface area (Å²) in [7, 11) is 1.74. The van der Waals surface area contributed by atoms with Gasteiger partial charge in [-0.25, -0.2) is 14.6 Å². The molecule has 2 N–H and O–H groups in total. The topological polar surface area (TPSA) is 109 Å². The smallest absolute Gasteiger partial charge is 0.291 e. The normalized spacial score (nSPS) is 11.6. The van der Waals surface area contributed by atoms with E-state index in [9.17, 15) is 9.59 Å². The Morgan fingerprint density at radius 3 is 2.83 bits per heavy atom. The summed E-state index contributed by atoms with van der Waals surface area (Å²) in [6.07, 6.45) is 1.63. The zero-order chi connectivity index (χ0) is 17.0. The summed E-state index contributed by atoms with van der Waals surface area (Å²) in [5.41, 5.74) is 6.93. The summed E-state index contributed by atoms with van der Waals surface area (Å²) in [5, 5.41) is 8.00. The van der Waals surface area contributed by atoms with E-state index in [1.54, 1.807) is 17.8 Å².